The van der Waals surface area contributed by atoms with E-state index in [0.29, 0.717) is 5.92 Å². The zero-order valence-electron chi connectivity index (χ0n) is 16.7. The van der Waals surface area contributed by atoms with Crippen LogP contribution in [0, 0.1) is 35.3 Å². The van der Waals surface area contributed by atoms with Gasteiger partial charge in [-0.3, -0.25) is 0 Å². The van der Waals surface area contributed by atoms with Gasteiger partial charge in [-0.2, -0.15) is 0 Å². The third kappa shape index (κ3) is 6.02. The van der Waals surface area contributed by atoms with Crippen molar-refractivity contribution in [3.8, 4) is 0 Å². The minimum atomic E-state index is -0.763. The zero-order valence-corrected chi connectivity index (χ0v) is 16.7. The SMILES string of the molecule is C/C=C/C1CCC(C2CCC(C=CCCc3ccc(F)c(F)c3)CC2)CC1. The molecule has 2 saturated carbocycles. The lowest BCUT2D eigenvalue weighted by molar-refractivity contribution is 0.166. The monoisotopic (exact) mass is 372 g/mol. The van der Waals surface area contributed by atoms with Crippen LogP contribution in [0.3, 0.4) is 0 Å². The molecule has 0 heterocycles. The second kappa shape index (κ2) is 10.2. The van der Waals surface area contributed by atoms with E-state index in [1.807, 2.05) is 0 Å². The van der Waals surface area contributed by atoms with Gasteiger partial charge in [-0.25, -0.2) is 8.78 Å². The van der Waals surface area contributed by atoms with Crippen LogP contribution in [0.15, 0.2) is 42.5 Å². The highest BCUT2D eigenvalue weighted by Gasteiger charge is 2.29. The molecule has 1 aromatic rings. The molecule has 0 spiro atoms. The predicted molar refractivity (Wildman–Crippen MR) is 110 cm³/mol. The molecule has 2 heteroatoms. The molecule has 0 aliphatic heterocycles. The van der Waals surface area contributed by atoms with Crippen molar-refractivity contribution in [3.63, 3.8) is 0 Å². The van der Waals surface area contributed by atoms with Crippen LogP contribution in [0.4, 0.5) is 8.78 Å². The number of hydrogen-bond donors (Lipinski definition) is 0. The van der Waals surface area contributed by atoms with E-state index in [9.17, 15) is 8.78 Å². The Morgan fingerprint density at radius 3 is 1.96 bits per heavy atom. The molecular weight excluding hydrogens is 338 g/mol. The summed E-state index contributed by atoms with van der Waals surface area (Å²) in [5.74, 6) is 1.95. The number of benzene rings is 1. The van der Waals surface area contributed by atoms with Gasteiger partial charge in [0.25, 0.3) is 0 Å². The third-order valence-electron chi connectivity index (χ3n) is 6.76. The molecule has 2 aliphatic rings. The fourth-order valence-corrected chi connectivity index (χ4v) is 5.12. The van der Waals surface area contributed by atoms with Crippen LogP contribution in [0.25, 0.3) is 0 Å². The summed E-state index contributed by atoms with van der Waals surface area (Å²) >= 11 is 0. The molecule has 0 nitrogen and oxygen atoms in total. The van der Waals surface area contributed by atoms with Gasteiger partial charge >= 0.3 is 0 Å². The van der Waals surface area contributed by atoms with Gasteiger partial charge in [-0.05, 0) is 112 Å². The Bertz CT molecular complexity index is 630. The highest BCUT2D eigenvalue weighted by atomic mass is 19.2. The molecule has 0 saturated heterocycles. The van der Waals surface area contributed by atoms with E-state index in [4.69, 9.17) is 0 Å². The first-order valence-corrected chi connectivity index (χ1v) is 10.9. The summed E-state index contributed by atoms with van der Waals surface area (Å²) < 4.78 is 26.2. The van der Waals surface area contributed by atoms with Gasteiger partial charge in [0.2, 0.25) is 0 Å². The van der Waals surface area contributed by atoms with Crippen LogP contribution in [0.2, 0.25) is 0 Å². The Hall–Kier alpha value is -1.44. The van der Waals surface area contributed by atoms with Crippen molar-refractivity contribution in [2.24, 2.45) is 23.7 Å². The normalized spacial score (nSPS) is 29.6. The Balaban J connectivity index is 1.35. The van der Waals surface area contributed by atoms with Gasteiger partial charge in [0.05, 0.1) is 0 Å². The molecule has 0 unspecified atom stereocenters. The van der Waals surface area contributed by atoms with Crippen LogP contribution in [-0.4, -0.2) is 0 Å². The summed E-state index contributed by atoms with van der Waals surface area (Å²) in [5, 5.41) is 0. The van der Waals surface area contributed by atoms with Crippen molar-refractivity contribution in [1.82, 2.24) is 0 Å². The second-order valence-corrected chi connectivity index (χ2v) is 8.59. The number of halogens is 2. The molecule has 0 amide bonds. The number of hydrogen-bond acceptors (Lipinski definition) is 0. The second-order valence-electron chi connectivity index (χ2n) is 8.59. The van der Waals surface area contributed by atoms with E-state index in [2.05, 4.69) is 31.2 Å². The van der Waals surface area contributed by atoms with Crippen LogP contribution in [0.5, 0.6) is 0 Å². The molecule has 2 fully saturated rings. The van der Waals surface area contributed by atoms with Crippen molar-refractivity contribution in [3.05, 3.63) is 59.7 Å². The van der Waals surface area contributed by atoms with Gasteiger partial charge in [-0.15, -0.1) is 0 Å². The van der Waals surface area contributed by atoms with Crippen LogP contribution < -0.4 is 0 Å². The quantitative estimate of drug-likeness (QED) is 0.450. The van der Waals surface area contributed by atoms with Gasteiger partial charge in [0, 0.05) is 0 Å². The topological polar surface area (TPSA) is 0 Å². The lowest BCUT2D eigenvalue weighted by Crippen LogP contribution is -2.25. The van der Waals surface area contributed by atoms with Crippen LogP contribution in [-0.2, 0) is 6.42 Å². The highest BCUT2D eigenvalue weighted by Crippen LogP contribution is 2.41. The lowest BCUT2D eigenvalue weighted by atomic mass is 9.69. The van der Waals surface area contributed by atoms with Gasteiger partial charge in [0.15, 0.2) is 11.6 Å². The number of rotatable bonds is 6. The Labute approximate surface area is 163 Å². The van der Waals surface area contributed by atoms with Gasteiger partial charge in [0.1, 0.15) is 0 Å². The fourth-order valence-electron chi connectivity index (χ4n) is 5.12. The maximum Gasteiger partial charge on any atom is 0.159 e. The minimum absolute atomic E-state index is 0.713. The summed E-state index contributed by atoms with van der Waals surface area (Å²) in [7, 11) is 0. The van der Waals surface area contributed by atoms with Crippen molar-refractivity contribution < 1.29 is 8.78 Å². The molecule has 1 aromatic carbocycles. The Morgan fingerprint density at radius 2 is 1.41 bits per heavy atom. The highest BCUT2D eigenvalue weighted by molar-refractivity contribution is 5.18. The van der Waals surface area contributed by atoms with Crippen LogP contribution in [0.1, 0.15) is 70.3 Å². The first-order valence-electron chi connectivity index (χ1n) is 10.9. The Kier molecular flexibility index (Phi) is 7.67. The van der Waals surface area contributed by atoms with E-state index in [-0.39, 0.29) is 0 Å². The maximum absolute atomic E-state index is 13.2. The maximum atomic E-state index is 13.2. The molecule has 148 valence electrons. The molecule has 0 radical (unpaired) electrons. The van der Waals surface area contributed by atoms with E-state index in [0.717, 1.165) is 36.2 Å². The molecule has 0 N–H and O–H groups in total. The molecule has 3 rings (SSSR count). The fraction of sp³-hybridized carbons (Fsp3) is 0.600. The number of aryl methyl sites for hydroxylation is 1. The standard InChI is InChI=1S/C25H34F2/c1-2-5-19-8-13-22(14-9-19)23-15-10-20(11-16-23)6-3-4-7-21-12-17-24(26)25(27)18-21/h2-3,5-6,12,17-20,22-23H,4,7-11,13-16H2,1H3/b5-2+,6-3?. The summed E-state index contributed by atoms with van der Waals surface area (Å²) in [5.41, 5.74) is 0.871. The largest absolute Gasteiger partial charge is 0.204 e. The van der Waals surface area contributed by atoms with Gasteiger partial charge in [-0.1, -0.05) is 30.4 Å². The van der Waals surface area contributed by atoms with Crippen molar-refractivity contribution >= 4 is 0 Å². The Morgan fingerprint density at radius 1 is 0.815 bits per heavy atom. The average Bonchev–Trinajstić information content (AvgIpc) is 2.69. The summed E-state index contributed by atoms with van der Waals surface area (Å²) in [6.07, 6.45) is 22.0. The molecular formula is C25H34F2. The van der Waals surface area contributed by atoms with Crippen LogP contribution >= 0.6 is 0 Å². The van der Waals surface area contributed by atoms with E-state index < -0.39 is 11.6 Å². The van der Waals surface area contributed by atoms with Crippen molar-refractivity contribution in [2.45, 2.75) is 71.1 Å². The average molecular weight is 373 g/mol. The predicted octanol–water partition coefficient (Wildman–Crippen LogP) is 7.64. The van der Waals surface area contributed by atoms with Gasteiger partial charge < -0.3 is 0 Å². The first-order chi connectivity index (χ1) is 13.2. The van der Waals surface area contributed by atoms with E-state index >= 15 is 0 Å². The lowest BCUT2D eigenvalue weighted by Gasteiger charge is -2.36. The molecule has 0 aromatic heterocycles. The molecule has 0 bridgehead atoms. The first kappa shape index (κ1) is 20.3. The van der Waals surface area contributed by atoms with E-state index in [1.54, 1.807) is 6.07 Å². The van der Waals surface area contributed by atoms with E-state index in [1.165, 1.54) is 63.5 Å². The molecule has 2 aliphatic carbocycles. The molecule has 0 atom stereocenters. The minimum Gasteiger partial charge on any atom is -0.204 e. The summed E-state index contributed by atoms with van der Waals surface area (Å²) in [4.78, 5) is 0. The third-order valence-corrected chi connectivity index (χ3v) is 6.76. The van der Waals surface area contributed by atoms with Crippen molar-refractivity contribution in [2.75, 3.05) is 0 Å². The number of allylic oxidation sites excluding steroid dienone is 4. The zero-order chi connectivity index (χ0) is 19.1. The summed E-state index contributed by atoms with van der Waals surface area (Å²) in [6, 6.07) is 4.23. The summed E-state index contributed by atoms with van der Waals surface area (Å²) in [6.45, 7) is 2.14. The smallest absolute Gasteiger partial charge is 0.159 e. The van der Waals surface area contributed by atoms with Crippen molar-refractivity contribution in [1.29, 1.82) is 0 Å². The molecule has 27 heavy (non-hydrogen) atoms.